The minimum absolute atomic E-state index is 0.221. The van der Waals surface area contributed by atoms with Gasteiger partial charge in [0.1, 0.15) is 6.29 Å². The van der Waals surface area contributed by atoms with Gasteiger partial charge < -0.3 is 4.79 Å². The Morgan fingerprint density at radius 1 is 1.19 bits per heavy atom. The lowest BCUT2D eigenvalue weighted by molar-refractivity contribution is -0.136. The first-order chi connectivity index (χ1) is 7.77. The summed E-state index contributed by atoms with van der Waals surface area (Å²) in [5.74, 6) is -0.508. The second-order valence-corrected chi connectivity index (χ2v) is 3.01. The quantitative estimate of drug-likeness (QED) is 0.543. The molecule has 0 unspecified atom stereocenters. The van der Waals surface area contributed by atoms with E-state index in [1.807, 2.05) is 30.3 Å². The van der Waals surface area contributed by atoms with Gasteiger partial charge in [0.05, 0.1) is 6.54 Å². The van der Waals surface area contributed by atoms with Crippen molar-refractivity contribution < 1.29 is 14.4 Å². The van der Waals surface area contributed by atoms with Crippen LogP contribution in [0.25, 0.3) is 6.08 Å². The topological polar surface area (TPSA) is 54.5 Å². The number of carbonyl (C=O) groups is 3. The van der Waals surface area contributed by atoms with Crippen LogP contribution in [0.4, 0.5) is 0 Å². The third-order valence-electron chi connectivity index (χ3n) is 1.90. The molecule has 0 N–H and O–H groups in total. The van der Waals surface area contributed by atoms with E-state index in [9.17, 15) is 14.4 Å². The molecule has 1 rings (SSSR count). The number of amides is 2. The maximum atomic E-state index is 11.4. The van der Waals surface area contributed by atoms with Gasteiger partial charge in [0.25, 0.3) is 5.91 Å². The van der Waals surface area contributed by atoms with Crippen molar-refractivity contribution in [2.75, 3.05) is 6.54 Å². The van der Waals surface area contributed by atoms with Gasteiger partial charge in [-0.25, -0.2) is 0 Å². The number of imide groups is 1. The third-order valence-corrected chi connectivity index (χ3v) is 1.90. The molecule has 82 valence electrons. The van der Waals surface area contributed by atoms with Crippen LogP contribution in [-0.4, -0.2) is 30.0 Å². The van der Waals surface area contributed by atoms with E-state index in [2.05, 4.69) is 0 Å². The Labute approximate surface area is 93.2 Å². The standard InChI is InChI=1S/C12H11NO3/c14-9-8-13(10-15)12(16)7-6-11-4-2-1-3-5-11/h1-7,9-10H,8H2. The molecule has 0 atom stereocenters. The number of benzene rings is 1. The molecule has 0 spiro atoms. The van der Waals surface area contributed by atoms with Crippen LogP contribution in [0.3, 0.4) is 0 Å². The van der Waals surface area contributed by atoms with Crippen molar-refractivity contribution in [2.24, 2.45) is 0 Å². The Kier molecular flexibility index (Phi) is 4.66. The summed E-state index contributed by atoms with van der Waals surface area (Å²) >= 11 is 0. The Morgan fingerprint density at radius 3 is 2.44 bits per heavy atom. The lowest BCUT2D eigenvalue weighted by atomic mass is 10.2. The first-order valence-electron chi connectivity index (χ1n) is 4.70. The highest BCUT2D eigenvalue weighted by Crippen LogP contribution is 2.01. The number of hydrogen-bond acceptors (Lipinski definition) is 3. The van der Waals surface area contributed by atoms with Gasteiger partial charge >= 0.3 is 0 Å². The van der Waals surface area contributed by atoms with E-state index in [1.54, 1.807) is 6.08 Å². The average molecular weight is 217 g/mol. The lowest BCUT2D eigenvalue weighted by Gasteiger charge is -2.07. The molecule has 0 saturated carbocycles. The fraction of sp³-hybridized carbons (Fsp3) is 0.0833. The van der Waals surface area contributed by atoms with Crippen molar-refractivity contribution >= 4 is 24.7 Å². The van der Waals surface area contributed by atoms with Crippen molar-refractivity contribution in [2.45, 2.75) is 0 Å². The molecule has 0 fully saturated rings. The zero-order valence-corrected chi connectivity index (χ0v) is 8.58. The van der Waals surface area contributed by atoms with Crippen molar-refractivity contribution in [1.82, 2.24) is 4.90 Å². The van der Waals surface area contributed by atoms with Crippen molar-refractivity contribution in [3.8, 4) is 0 Å². The number of rotatable bonds is 5. The molecule has 1 aromatic carbocycles. The lowest BCUT2D eigenvalue weighted by Crippen LogP contribution is -2.29. The number of carbonyl (C=O) groups excluding carboxylic acids is 3. The Hall–Kier alpha value is -2.23. The van der Waals surface area contributed by atoms with Gasteiger partial charge in [-0.05, 0) is 11.6 Å². The summed E-state index contributed by atoms with van der Waals surface area (Å²) in [5, 5.41) is 0. The summed E-state index contributed by atoms with van der Waals surface area (Å²) in [5.41, 5.74) is 0.854. The number of aldehydes is 1. The number of nitrogens with zero attached hydrogens (tertiary/aromatic N) is 1. The van der Waals surface area contributed by atoms with Gasteiger partial charge in [-0.15, -0.1) is 0 Å². The summed E-state index contributed by atoms with van der Waals surface area (Å²) in [6.07, 6.45) is 3.69. The molecule has 16 heavy (non-hydrogen) atoms. The zero-order valence-electron chi connectivity index (χ0n) is 8.58. The van der Waals surface area contributed by atoms with E-state index < -0.39 is 5.91 Å². The fourth-order valence-corrected chi connectivity index (χ4v) is 1.09. The van der Waals surface area contributed by atoms with E-state index >= 15 is 0 Å². The highest BCUT2D eigenvalue weighted by molar-refractivity contribution is 5.98. The molecule has 0 radical (unpaired) electrons. The monoisotopic (exact) mass is 217 g/mol. The van der Waals surface area contributed by atoms with Crippen LogP contribution in [0.15, 0.2) is 36.4 Å². The highest BCUT2D eigenvalue weighted by atomic mass is 16.2. The summed E-state index contributed by atoms with van der Waals surface area (Å²) in [4.78, 5) is 32.8. The molecule has 0 aliphatic carbocycles. The van der Waals surface area contributed by atoms with Crippen LogP contribution in [-0.2, 0) is 14.4 Å². The second-order valence-electron chi connectivity index (χ2n) is 3.01. The molecule has 0 aliphatic rings. The van der Waals surface area contributed by atoms with Crippen molar-refractivity contribution in [1.29, 1.82) is 0 Å². The van der Waals surface area contributed by atoms with Gasteiger partial charge in [-0.2, -0.15) is 0 Å². The van der Waals surface area contributed by atoms with Crippen LogP contribution in [0.2, 0.25) is 0 Å². The molecule has 4 heteroatoms. The molecular weight excluding hydrogens is 206 g/mol. The highest BCUT2D eigenvalue weighted by Gasteiger charge is 2.07. The number of hydrogen-bond donors (Lipinski definition) is 0. The molecular formula is C12H11NO3. The van der Waals surface area contributed by atoms with Crippen LogP contribution in [0, 0.1) is 0 Å². The van der Waals surface area contributed by atoms with Crippen LogP contribution >= 0.6 is 0 Å². The molecule has 0 saturated heterocycles. The normalized spacial score (nSPS) is 10.0. The predicted molar refractivity (Wildman–Crippen MR) is 59.3 cm³/mol. The Morgan fingerprint density at radius 2 is 1.88 bits per heavy atom. The fourth-order valence-electron chi connectivity index (χ4n) is 1.09. The SMILES string of the molecule is O=CCN(C=O)C(=O)C=Cc1ccccc1. The Bertz CT molecular complexity index is 398. The Balaban J connectivity index is 2.66. The molecule has 4 nitrogen and oxygen atoms in total. The zero-order chi connectivity index (χ0) is 11.8. The molecule has 0 bridgehead atoms. The summed E-state index contributed by atoms with van der Waals surface area (Å²) < 4.78 is 0. The van der Waals surface area contributed by atoms with Crippen LogP contribution in [0.1, 0.15) is 5.56 Å². The molecule has 2 amide bonds. The predicted octanol–water partition coefficient (Wildman–Crippen LogP) is 0.884. The third kappa shape index (κ3) is 3.49. The summed E-state index contributed by atoms with van der Waals surface area (Å²) in [6, 6.07) is 9.20. The summed E-state index contributed by atoms with van der Waals surface area (Å²) in [6.45, 7) is -0.221. The maximum absolute atomic E-state index is 11.4. The van der Waals surface area contributed by atoms with E-state index in [0.29, 0.717) is 12.7 Å². The van der Waals surface area contributed by atoms with Gasteiger partial charge in [-0.1, -0.05) is 30.3 Å². The summed E-state index contributed by atoms with van der Waals surface area (Å²) in [7, 11) is 0. The van der Waals surface area contributed by atoms with Gasteiger partial charge in [0.15, 0.2) is 0 Å². The molecule has 1 aromatic rings. The molecule has 0 aromatic heterocycles. The smallest absolute Gasteiger partial charge is 0.253 e. The van der Waals surface area contributed by atoms with Gasteiger partial charge in [-0.3, -0.25) is 14.5 Å². The largest absolute Gasteiger partial charge is 0.301 e. The maximum Gasteiger partial charge on any atom is 0.253 e. The average Bonchev–Trinajstić information content (AvgIpc) is 2.34. The van der Waals surface area contributed by atoms with E-state index in [1.165, 1.54) is 6.08 Å². The molecule has 0 heterocycles. The van der Waals surface area contributed by atoms with Crippen molar-refractivity contribution in [3.63, 3.8) is 0 Å². The van der Waals surface area contributed by atoms with Crippen molar-refractivity contribution in [3.05, 3.63) is 42.0 Å². The van der Waals surface area contributed by atoms with E-state index in [0.717, 1.165) is 10.5 Å². The first-order valence-corrected chi connectivity index (χ1v) is 4.70. The first kappa shape index (κ1) is 11.8. The van der Waals surface area contributed by atoms with Gasteiger partial charge in [0.2, 0.25) is 6.41 Å². The minimum atomic E-state index is -0.508. The van der Waals surface area contributed by atoms with Crippen LogP contribution in [0.5, 0.6) is 0 Å². The van der Waals surface area contributed by atoms with Crippen LogP contribution < -0.4 is 0 Å². The minimum Gasteiger partial charge on any atom is -0.301 e. The molecule has 0 aliphatic heterocycles. The van der Waals surface area contributed by atoms with Gasteiger partial charge in [0, 0.05) is 6.08 Å². The second kappa shape index (κ2) is 6.29. The van der Waals surface area contributed by atoms with E-state index in [4.69, 9.17) is 0 Å². The van der Waals surface area contributed by atoms with E-state index in [-0.39, 0.29) is 6.54 Å².